The van der Waals surface area contributed by atoms with Crippen molar-refractivity contribution in [3.63, 3.8) is 0 Å². The number of rotatable bonds is 9. The highest BCUT2D eigenvalue weighted by Crippen LogP contribution is 2.44. The average molecular weight is 959 g/mol. The topological polar surface area (TPSA) is 174 Å². The number of imide groups is 2. The van der Waals surface area contributed by atoms with E-state index in [4.69, 9.17) is 26.1 Å². The largest absolute Gasteiger partial charge is 0.462 e. The molecule has 3 aromatic carbocycles. The summed E-state index contributed by atoms with van der Waals surface area (Å²) < 4.78 is 23.5. The molecule has 17 heteroatoms. The fourth-order valence-electron chi connectivity index (χ4n) is 12.4. The van der Waals surface area contributed by atoms with Crippen LogP contribution in [0.2, 0.25) is 0 Å². The van der Waals surface area contributed by atoms with E-state index in [1.54, 1.807) is 18.3 Å². The number of terminal acetylenes is 1. The average Bonchev–Trinajstić information content (AvgIpc) is 3.59. The third kappa shape index (κ3) is 8.20. The quantitative estimate of drug-likeness (QED) is 0.153. The Balaban J connectivity index is 0.694. The summed E-state index contributed by atoms with van der Waals surface area (Å²) in [6.45, 7) is 6.10. The number of nitrogens with zero attached hydrogens (tertiary/aromatic N) is 8. The first-order valence-corrected chi connectivity index (χ1v) is 25.2. The number of carbonyl (C=O) groups is 5. The van der Waals surface area contributed by atoms with Crippen molar-refractivity contribution in [1.82, 2.24) is 40.3 Å². The molecule has 5 amide bonds. The number of anilines is 2. The molecule has 5 aromatic rings. The predicted molar refractivity (Wildman–Crippen MR) is 263 cm³/mol. The van der Waals surface area contributed by atoms with Crippen molar-refractivity contribution in [3.05, 3.63) is 83.3 Å². The first-order chi connectivity index (χ1) is 34.6. The van der Waals surface area contributed by atoms with Gasteiger partial charge in [0.1, 0.15) is 29.7 Å². The Morgan fingerprint density at radius 3 is 2.27 bits per heavy atom. The van der Waals surface area contributed by atoms with Crippen LogP contribution in [0.15, 0.2) is 60.8 Å². The van der Waals surface area contributed by atoms with Crippen molar-refractivity contribution in [1.29, 1.82) is 0 Å². The highest BCUT2D eigenvalue weighted by Gasteiger charge is 2.45. The van der Waals surface area contributed by atoms with E-state index in [0.717, 1.165) is 59.1 Å². The van der Waals surface area contributed by atoms with Crippen LogP contribution >= 0.6 is 0 Å². The molecule has 5 atom stereocenters. The molecular formula is C54H55FN10O6. The molecule has 8 heterocycles. The molecule has 0 radical (unpaired) electrons. The van der Waals surface area contributed by atoms with E-state index < -0.39 is 35.5 Å². The van der Waals surface area contributed by atoms with E-state index in [2.05, 4.69) is 31.3 Å². The molecule has 1 aliphatic carbocycles. The molecule has 1 saturated carbocycles. The van der Waals surface area contributed by atoms with Gasteiger partial charge in [0.25, 0.3) is 11.8 Å². The van der Waals surface area contributed by atoms with Crippen molar-refractivity contribution in [3.8, 4) is 29.6 Å². The number of ether oxygens (including phenoxy) is 1. The van der Waals surface area contributed by atoms with Gasteiger partial charge in [0, 0.05) is 112 Å². The minimum absolute atomic E-state index is 0.0593. The second-order valence-corrected chi connectivity index (χ2v) is 20.4. The Morgan fingerprint density at radius 1 is 0.817 bits per heavy atom. The maximum atomic E-state index is 17.2. The van der Waals surface area contributed by atoms with Crippen LogP contribution in [0.25, 0.3) is 32.9 Å². The fourth-order valence-corrected chi connectivity index (χ4v) is 12.4. The molecule has 6 fully saturated rings. The molecule has 0 spiro atoms. The van der Waals surface area contributed by atoms with Gasteiger partial charge >= 0.3 is 6.01 Å². The van der Waals surface area contributed by atoms with Crippen LogP contribution in [0, 0.1) is 35.9 Å². The minimum atomic E-state index is -1.02. The number of halogens is 1. The second kappa shape index (κ2) is 18.3. The van der Waals surface area contributed by atoms with E-state index in [0.29, 0.717) is 93.1 Å². The number of fused-ring (bicyclic) bond motifs is 6. The van der Waals surface area contributed by atoms with Crippen molar-refractivity contribution in [2.45, 2.75) is 69.5 Å². The molecule has 16 nitrogen and oxygen atoms in total. The van der Waals surface area contributed by atoms with Gasteiger partial charge in [-0.1, -0.05) is 36.3 Å². The molecule has 5 saturated heterocycles. The van der Waals surface area contributed by atoms with Gasteiger partial charge in [-0.3, -0.25) is 44.1 Å². The Kier molecular flexibility index (Phi) is 11.6. The van der Waals surface area contributed by atoms with Crippen molar-refractivity contribution >= 4 is 62.7 Å². The number of aromatic nitrogens is 3. The van der Waals surface area contributed by atoms with E-state index >= 15 is 4.39 Å². The van der Waals surface area contributed by atoms with E-state index in [1.165, 1.54) is 12.8 Å². The predicted octanol–water partition coefficient (Wildman–Crippen LogP) is 4.77. The number of piperazine rings is 2. The lowest BCUT2D eigenvalue weighted by molar-refractivity contribution is -0.138. The summed E-state index contributed by atoms with van der Waals surface area (Å²) in [5, 5.41) is 8.32. The van der Waals surface area contributed by atoms with Crippen molar-refractivity contribution in [2.24, 2.45) is 17.8 Å². The summed E-state index contributed by atoms with van der Waals surface area (Å²) in [6.07, 6.45) is 13.9. The van der Waals surface area contributed by atoms with Crippen molar-refractivity contribution in [2.75, 3.05) is 75.3 Å². The number of piperidine rings is 2. The zero-order valence-corrected chi connectivity index (χ0v) is 39.4. The number of pyridine rings is 1. The van der Waals surface area contributed by atoms with Gasteiger partial charge in [0.2, 0.25) is 17.7 Å². The molecule has 364 valence electrons. The summed E-state index contributed by atoms with van der Waals surface area (Å²) in [4.78, 5) is 88.8. The summed E-state index contributed by atoms with van der Waals surface area (Å²) in [5.74, 6) is 2.23. The highest BCUT2D eigenvalue weighted by atomic mass is 19.1. The minimum Gasteiger partial charge on any atom is -0.462 e. The molecule has 2 bridgehead atoms. The monoisotopic (exact) mass is 958 g/mol. The maximum Gasteiger partial charge on any atom is 0.319 e. The molecule has 71 heavy (non-hydrogen) atoms. The third-order valence-electron chi connectivity index (χ3n) is 16.3. The lowest BCUT2D eigenvalue weighted by atomic mass is 9.69. The third-order valence-corrected chi connectivity index (χ3v) is 16.3. The second-order valence-electron chi connectivity index (χ2n) is 20.4. The fraction of sp³-hybridized carbons (Fsp3) is 0.444. The Hall–Kier alpha value is -7.03. The first kappa shape index (κ1) is 45.1. The van der Waals surface area contributed by atoms with Crippen molar-refractivity contribution < 1.29 is 33.1 Å². The standard InChI is InChI=1S/C54H55FN10O6/c1-2-31-5-3-6-32-7-4-8-40(45(31)32)47-46(55)48-42(28-56-47)49(64-29-36-25-34-9-10-35(34)26-37(30-64)57-36)60-54(59-48)71-24-23-61-19-21-63(22-20-61)51(68)33-15-17-62(18-16-33)38-11-12-39-41(27-38)53(70)65(52(39)69)43-13-14-44(66)58-50(43)67/h1,3-8,11-12,27-28,33-37,43,57H,9-10,13-26,29-30H2,(H,58,66,67). The number of benzene rings is 3. The zero-order valence-electron chi connectivity index (χ0n) is 39.4. The van der Waals surface area contributed by atoms with E-state index in [1.807, 2.05) is 47.4 Å². The van der Waals surface area contributed by atoms with Gasteiger partial charge in [0.15, 0.2) is 5.82 Å². The summed E-state index contributed by atoms with van der Waals surface area (Å²) in [7, 11) is 0. The van der Waals surface area contributed by atoms with E-state index in [9.17, 15) is 24.0 Å². The number of hydrogen-bond acceptors (Lipinski definition) is 13. The van der Waals surface area contributed by atoms with Crippen LogP contribution in [0.3, 0.4) is 0 Å². The normalized spacial score (nSPS) is 24.9. The molecule has 6 aliphatic heterocycles. The Labute approximate surface area is 410 Å². The molecule has 2 aromatic heterocycles. The summed E-state index contributed by atoms with van der Waals surface area (Å²) in [5.41, 5.74) is 2.84. The van der Waals surface area contributed by atoms with Gasteiger partial charge < -0.3 is 24.8 Å². The smallest absolute Gasteiger partial charge is 0.319 e. The SMILES string of the molecule is C#Cc1cccc2cccc(-c3ncc4c(N5CC6CC7CCC7CC(C5)N6)nc(OCCN5CCN(C(=O)C6CCN(c7ccc8c(c7)C(=O)N(C7CCC(=O)NC7=O)C8=O)CC6)CC5)nc4c3F)c12. The highest BCUT2D eigenvalue weighted by molar-refractivity contribution is 6.23. The van der Waals surface area contributed by atoms with Crippen LogP contribution in [0.4, 0.5) is 15.9 Å². The molecule has 5 unspecified atom stereocenters. The van der Waals surface area contributed by atoms with Crippen LogP contribution < -0.4 is 25.2 Å². The molecule has 2 N–H and O–H groups in total. The number of hydrogen-bond donors (Lipinski definition) is 2. The van der Waals surface area contributed by atoms with Crippen LogP contribution in [-0.4, -0.2) is 143 Å². The number of carbonyl (C=O) groups excluding carboxylic acids is 5. The summed E-state index contributed by atoms with van der Waals surface area (Å²) >= 11 is 0. The van der Waals surface area contributed by atoms with Crippen LogP contribution in [0.1, 0.15) is 77.6 Å². The number of amides is 5. The van der Waals surface area contributed by atoms with Gasteiger partial charge in [-0.2, -0.15) is 9.97 Å². The zero-order chi connectivity index (χ0) is 48.5. The van der Waals surface area contributed by atoms with Crippen LogP contribution in [0.5, 0.6) is 6.01 Å². The van der Waals surface area contributed by atoms with Crippen LogP contribution in [-0.2, 0) is 14.4 Å². The molecular weight excluding hydrogens is 904 g/mol. The Bertz CT molecular complexity index is 3050. The summed E-state index contributed by atoms with van der Waals surface area (Å²) in [6, 6.07) is 16.3. The van der Waals surface area contributed by atoms with Gasteiger partial charge in [0.05, 0.1) is 16.5 Å². The maximum absolute atomic E-state index is 17.2. The first-order valence-electron chi connectivity index (χ1n) is 25.2. The molecule has 12 rings (SSSR count). The molecule has 7 aliphatic rings. The Morgan fingerprint density at radius 2 is 1.55 bits per heavy atom. The van der Waals surface area contributed by atoms with Gasteiger partial charge in [-0.25, -0.2) is 4.39 Å². The lowest BCUT2D eigenvalue weighted by Gasteiger charge is -2.39. The lowest BCUT2D eigenvalue weighted by Crippen LogP contribution is -2.56. The number of nitrogens with one attached hydrogen (secondary N) is 2. The van der Waals surface area contributed by atoms with E-state index in [-0.39, 0.29) is 59.6 Å². The van der Waals surface area contributed by atoms with Gasteiger partial charge in [-0.05, 0) is 86.4 Å². The van der Waals surface area contributed by atoms with Gasteiger partial charge in [-0.15, -0.1) is 6.42 Å².